The lowest BCUT2D eigenvalue weighted by Gasteiger charge is -2.10. The van der Waals surface area contributed by atoms with Crippen LogP contribution in [0.3, 0.4) is 0 Å². The third kappa shape index (κ3) is 4.24. The summed E-state index contributed by atoms with van der Waals surface area (Å²) < 4.78 is 10.7. The minimum Gasteiger partial charge on any atom is -0.497 e. The summed E-state index contributed by atoms with van der Waals surface area (Å²) >= 11 is 5.99. The molecular formula is C18H15ClN4O4. The van der Waals surface area contributed by atoms with Gasteiger partial charge in [0.05, 0.1) is 12.0 Å². The van der Waals surface area contributed by atoms with Crippen LogP contribution < -0.4 is 14.8 Å². The number of methoxy groups -OCH3 is 1. The van der Waals surface area contributed by atoms with Crippen LogP contribution in [0, 0.1) is 17.0 Å². The minimum absolute atomic E-state index is 0.0147. The fraction of sp³-hybridized carbons (Fsp3) is 0.111. The number of halogens is 1. The Morgan fingerprint density at radius 1 is 1.11 bits per heavy atom. The molecule has 0 aliphatic heterocycles. The summed E-state index contributed by atoms with van der Waals surface area (Å²) in [5.74, 6) is 0.891. The van der Waals surface area contributed by atoms with E-state index in [-0.39, 0.29) is 17.4 Å². The Bertz CT molecular complexity index is 980. The molecule has 0 spiro atoms. The highest BCUT2D eigenvalue weighted by atomic mass is 35.5. The van der Waals surface area contributed by atoms with E-state index in [2.05, 4.69) is 15.3 Å². The zero-order valence-electron chi connectivity index (χ0n) is 14.5. The van der Waals surface area contributed by atoms with Crippen LogP contribution in [0.25, 0.3) is 0 Å². The van der Waals surface area contributed by atoms with Crippen molar-refractivity contribution < 1.29 is 14.4 Å². The summed E-state index contributed by atoms with van der Waals surface area (Å²) in [6.07, 6.45) is 1.19. The zero-order valence-corrected chi connectivity index (χ0v) is 15.2. The highest BCUT2D eigenvalue weighted by Gasteiger charge is 2.25. The maximum atomic E-state index is 11.6. The second kappa shape index (κ2) is 7.88. The molecule has 3 aromatic rings. The quantitative estimate of drug-likeness (QED) is 0.475. The van der Waals surface area contributed by atoms with Crippen molar-refractivity contribution in [2.75, 3.05) is 12.4 Å². The van der Waals surface area contributed by atoms with Gasteiger partial charge in [-0.25, -0.2) is 4.98 Å². The molecule has 1 N–H and O–H groups in total. The Morgan fingerprint density at radius 2 is 1.81 bits per heavy atom. The number of aromatic nitrogens is 2. The molecule has 2 aromatic carbocycles. The third-order valence-corrected chi connectivity index (χ3v) is 4.09. The fourth-order valence-corrected chi connectivity index (χ4v) is 2.41. The molecule has 0 aliphatic carbocycles. The molecule has 3 rings (SSSR count). The number of nitrogens with zero attached hydrogens (tertiary/aromatic N) is 3. The normalized spacial score (nSPS) is 10.3. The largest absolute Gasteiger partial charge is 0.497 e. The fourth-order valence-electron chi connectivity index (χ4n) is 2.30. The molecule has 1 aromatic heterocycles. The van der Waals surface area contributed by atoms with Crippen LogP contribution in [0.5, 0.6) is 17.4 Å². The van der Waals surface area contributed by atoms with Crippen molar-refractivity contribution in [1.82, 2.24) is 9.97 Å². The maximum absolute atomic E-state index is 11.6. The lowest BCUT2D eigenvalue weighted by atomic mass is 10.2. The second-order valence-corrected chi connectivity index (χ2v) is 5.91. The number of hydrogen-bond donors (Lipinski definition) is 1. The number of ether oxygens (including phenoxy) is 2. The molecule has 0 radical (unpaired) electrons. The number of benzene rings is 2. The molecule has 27 heavy (non-hydrogen) atoms. The van der Waals surface area contributed by atoms with Crippen molar-refractivity contribution in [3.05, 3.63) is 69.5 Å². The first-order chi connectivity index (χ1) is 13.0. The van der Waals surface area contributed by atoms with Crippen molar-refractivity contribution in [3.8, 4) is 17.4 Å². The minimum atomic E-state index is -0.593. The van der Waals surface area contributed by atoms with E-state index in [9.17, 15) is 10.1 Å². The lowest BCUT2D eigenvalue weighted by molar-refractivity contribution is -0.385. The number of aryl methyl sites for hydroxylation is 1. The van der Waals surface area contributed by atoms with E-state index >= 15 is 0 Å². The smallest absolute Gasteiger partial charge is 0.373 e. The van der Waals surface area contributed by atoms with Crippen molar-refractivity contribution in [3.63, 3.8) is 0 Å². The highest BCUT2D eigenvalue weighted by molar-refractivity contribution is 6.31. The van der Waals surface area contributed by atoms with Crippen LogP contribution in [-0.4, -0.2) is 22.0 Å². The van der Waals surface area contributed by atoms with E-state index in [1.165, 1.54) is 6.33 Å². The summed E-state index contributed by atoms with van der Waals surface area (Å²) in [6.45, 7) is 1.81. The van der Waals surface area contributed by atoms with E-state index in [0.717, 1.165) is 5.56 Å². The van der Waals surface area contributed by atoms with Gasteiger partial charge in [-0.05, 0) is 55.0 Å². The Morgan fingerprint density at radius 3 is 2.44 bits per heavy atom. The first-order valence-electron chi connectivity index (χ1n) is 7.82. The van der Waals surface area contributed by atoms with Crippen LogP contribution in [0.2, 0.25) is 5.02 Å². The average Bonchev–Trinajstić information content (AvgIpc) is 2.65. The molecule has 138 valence electrons. The number of anilines is 2. The van der Waals surface area contributed by atoms with Crippen LogP contribution in [0.1, 0.15) is 5.56 Å². The zero-order chi connectivity index (χ0) is 19.4. The predicted molar refractivity (Wildman–Crippen MR) is 101 cm³/mol. The Hall–Kier alpha value is -3.39. The monoisotopic (exact) mass is 386 g/mol. The molecule has 0 saturated carbocycles. The van der Waals surface area contributed by atoms with Gasteiger partial charge in [0.1, 0.15) is 17.8 Å². The van der Waals surface area contributed by atoms with E-state index in [1.54, 1.807) is 56.5 Å². The molecule has 0 bridgehead atoms. The van der Waals surface area contributed by atoms with Gasteiger partial charge in [-0.15, -0.1) is 0 Å². The Kier molecular flexibility index (Phi) is 5.37. The molecule has 0 aliphatic rings. The van der Waals surface area contributed by atoms with Gasteiger partial charge in [-0.1, -0.05) is 11.6 Å². The third-order valence-electron chi connectivity index (χ3n) is 3.67. The first kappa shape index (κ1) is 18.4. The molecule has 9 heteroatoms. The van der Waals surface area contributed by atoms with Gasteiger partial charge in [0.15, 0.2) is 0 Å². The van der Waals surface area contributed by atoms with E-state index in [4.69, 9.17) is 21.1 Å². The number of nitro groups is 1. The summed E-state index contributed by atoms with van der Waals surface area (Å²) in [7, 11) is 1.56. The van der Waals surface area contributed by atoms with Crippen LogP contribution >= 0.6 is 11.6 Å². The van der Waals surface area contributed by atoms with Crippen molar-refractivity contribution in [1.29, 1.82) is 0 Å². The van der Waals surface area contributed by atoms with Crippen LogP contribution in [0.4, 0.5) is 17.2 Å². The maximum Gasteiger partial charge on any atom is 0.373 e. The lowest BCUT2D eigenvalue weighted by Crippen LogP contribution is -2.03. The summed E-state index contributed by atoms with van der Waals surface area (Å²) in [5.41, 5.74) is 1.01. The molecule has 0 unspecified atom stereocenters. The molecule has 0 saturated heterocycles. The molecule has 0 amide bonds. The van der Waals surface area contributed by atoms with Crippen LogP contribution in [-0.2, 0) is 0 Å². The SMILES string of the molecule is COc1ccc(Nc2ncnc(Oc3ccc(Cl)c(C)c3)c2[N+](=O)[O-])cc1. The molecular weight excluding hydrogens is 372 g/mol. The van der Waals surface area contributed by atoms with Crippen molar-refractivity contribution in [2.45, 2.75) is 6.92 Å². The molecule has 1 heterocycles. The predicted octanol–water partition coefficient (Wildman–Crippen LogP) is 4.89. The summed E-state index contributed by atoms with van der Waals surface area (Å²) in [6, 6.07) is 11.8. The molecule has 0 fully saturated rings. The van der Waals surface area contributed by atoms with Gasteiger partial charge in [0.2, 0.25) is 5.82 Å². The first-order valence-corrected chi connectivity index (χ1v) is 8.20. The second-order valence-electron chi connectivity index (χ2n) is 5.50. The van der Waals surface area contributed by atoms with Gasteiger partial charge in [0.25, 0.3) is 0 Å². The highest BCUT2D eigenvalue weighted by Crippen LogP contribution is 2.36. The number of hydrogen-bond acceptors (Lipinski definition) is 7. The van der Waals surface area contributed by atoms with Gasteiger partial charge in [0, 0.05) is 10.7 Å². The average molecular weight is 387 g/mol. The van der Waals surface area contributed by atoms with Crippen molar-refractivity contribution in [2.24, 2.45) is 0 Å². The van der Waals surface area contributed by atoms with E-state index in [0.29, 0.717) is 22.2 Å². The number of nitrogens with one attached hydrogen (secondary N) is 1. The van der Waals surface area contributed by atoms with Gasteiger partial charge >= 0.3 is 11.6 Å². The van der Waals surface area contributed by atoms with Crippen molar-refractivity contribution >= 4 is 28.8 Å². The van der Waals surface area contributed by atoms with Gasteiger partial charge in [-0.3, -0.25) is 10.1 Å². The van der Waals surface area contributed by atoms with E-state index in [1.807, 2.05) is 0 Å². The standard InChI is InChI=1S/C18H15ClN4O4/c1-11-9-14(7-8-15(11)19)27-18-16(23(24)25)17(20-10-21-18)22-12-3-5-13(26-2)6-4-12/h3-10H,1-2H3,(H,20,21,22). The summed E-state index contributed by atoms with van der Waals surface area (Å²) in [4.78, 5) is 18.9. The van der Waals surface area contributed by atoms with E-state index < -0.39 is 4.92 Å². The van der Waals surface area contributed by atoms with Gasteiger partial charge in [-0.2, -0.15) is 4.98 Å². The molecule has 0 atom stereocenters. The van der Waals surface area contributed by atoms with Gasteiger partial charge < -0.3 is 14.8 Å². The van der Waals surface area contributed by atoms with Crippen LogP contribution in [0.15, 0.2) is 48.8 Å². The summed E-state index contributed by atoms with van der Waals surface area (Å²) in [5, 5.41) is 15.1. The number of rotatable bonds is 6. The molecule has 8 nitrogen and oxygen atoms in total. The Labute approximate surface area is 159 Å². The Balaban J connectivity index is 1.94. The topological polar surface area (TPSA) is 99.4 Å².